The maximum absolute atomic E-state index is 2.43. The molecule has 1 nitrogen and oxygen atoms in total. The van der Waals surface area contributed by atoms with Crippen LogP contribution >= 0.6 is 0 Å². The number of benzene rings is 2. The first-order valence-corrected chi connectivity index (χ1v) is 14.0. The highest BCUT2D eigenvalue weighted by atomic mass is 15.3. The van der Waals surface area contributed by atoms with Crippen LogP contribution in [0.4, 0.5) is 0 Å². The van der Waals surface area contributed by atoms with Crippen LogP contribution in [0.2, 0.25) is 0 Å². The summed E-state index contributed by atoms with van der Waals surface area (Å²) in [5.74, 6) is 0. The Morgan fingerprint density at radius 2 is 0.970 bits per heavy atom. The van der Waals surface area contributed by atoms with E-state index < -0.39 is 0 Å². The molecule has 1 atom stereocenters. The van der Waals surface area contributed by atoms with E-state index in [1.54, 1.807) is 0 Å². The Hall–Kier alpha value is -1.60. The van der Waals surface area contributed by atoms with Crippen molar-refractivity contribution in [3.05, 3.63) is 71.8 Å². The summed E-state index contributed by atoms with van der Waals surface area (Å²) in [6, 6.07) is 22.7. The van der Waals surface area contributed by atoms with Crippen molar-refractivity contribution in [2.75, 3.05) is 20.6 Å². The molecule has 0 amide bonds. The van der Waals surface area contributed by atoms with Crippen molar-refractivity contribution in [1.82, 2.24) is 0 Å². The smallest absolute Gasteiger partial charge is 0.118 e. The molecular formula is C32H52N+. The summed E-state index contributed by atoms with van der Waals surface area (Å²) in [7, 11) is 4.87. The fourth-order valence-corrected chi connectivity index (χ4v) is 5.15. The number of quaternary nitrogens is 1. The summed E-state index contributed by atoms with van der Waals surface area (Å²) in [4.78, 5) is 0. The zero-order valence-corrected chi connectivity index (χ0v) is 22.1. The molecule has 0 heterocycles. The second kappa shape index (κ2) is 16.9. The Morgan fingerprint density at radius 3 is 1.45 bits per heavy atom. The van der Waals surface area contributed by atoms with Gasteiger partial charge in [0.1, 0.15) is 6.04 Å². The Bertz CT molecular complexity index is 691. The van der Waals surface area contributed by atoms with Crippen LogP contribution in [0.1, 0.15) is 114 Å². The van der Waals surface area contributed by atoms with Crippen LogP contribution in [0.5, 0.6) is 0 Å². The van der Waals surface area contributed by atoms with Crippen molar-refractivity contribution in [2.24, 2.45) is 0 Å². The topological polar surface area (TPSA) is 0 Å². The van der Waals surface area contributed by atoms with Crippen LogP contribution in [0.15, 0.2) is 60.7 Å². The molecule has 0 aliphatic carbocycles. The van der Waals surface area contributed by atoms with E-state index in [1.165, 1.54) is 108 Å². The lowest BCUT2D eigenvalue weighted by Crippen LogP contribution is -2.44. The van der Waals surface area contributed by atoms with Crippen molar-refractivity contribution in [3.63, 3.8) is 0 Å². The maximum Gasteiger partial charge on any atom is 0.118 e. The number of hydrogen-bond donors (Lipinski definition) is 0. The Labute approximate surface area is 206 Å². The van der Waals surface area contributed by atoms with Crippen LogP contribution in [0.3, 0.4) is 0 Å². The quantitative estimate of drug-likeness (QED) is 0.148. The summed E-state index contributed by atoms with van der Waals surface area (Å²) in [6.07, 6.45) is 21.1. The van der Waals surface area contributed by atoms with Gasteiger partial charge in [-0.05, 0) is 18.4 Å². The third kappa shape index (κ3) is 11.9. The highest BCUT2D eigenvalue weighted by Gasteiger charge is 2.29. The Balaban J connectivity index is 1.63. The molecular weight excluding hydrogens is 398 g/mol. The van der Waals surface area contributed by atoms with Crippen LogP contribution in [-0.2, 0) is 6.42 Å². The monoisotopic (exact) mass is 450 g/mol. The molecule has 0 radical (unpaired) electrons. The fourth-order valence-electron chi connectivity index (χ4n) is 5.15. The van der Waals surface area contributed by atoms with Crippen LogP contribution in [-0.4, -0.2) is 25.1 Å². The molecule has 0 aliphatic heterocycles. The molecule has 0 spiro atoms. The molecule has 1 heteroatoms. The number of unbranched alkanes of at least 4 members (excludes halogenated alkanes) is 13. The minimum absolute atomic E-state index is 0.510. The summed E-state index contributed by atoms with van der Waals surface area (Å²) < 4.78 is 1.07. The molecule has 0 N–H and O–H groups in total. The van der Waals surface area contributed by atoms with Crippen molar-refractivity contribution in [2.45, 2.75) is 109 Å². The van der Waals surface area contributed by atoms with Gasteiger partial charge in [-0.25, -0.2) is 0 Å². The third-order valence-electron chi connectivity index (χ3n) is 7.39. The Morgan fingerprint density at radius 1 is 0.545 bits per heavy atom. The predicted molar refractivity (Wildman–Crippen MR) is 147 cm³/mol. The SMILES string of the molecule is CCCCCCCCCCCCCCCC[N+](C)(C)C(Cc1ccccc1)c1ccccc1. The lowest BCUT2D eigenvalue weighted by molar-refractivity contribution is -0.921. The number of likely N-dealkylation sites (N-methyl/N-ethyl adjacent to an activating group) is 1. The molecule has 2 aromatic rings. The second-order valence-electron chi connectivity index (χ2n) is 10.7. The van der Waals surface area contributed by atoms with E-state index in [4.69, 9.17) is 0 Å². The summed E-state index contributed by atoms with van der Waals surface area (Å²) >= 11 is 0. The van der Waals surface area contributed by atoms with Crippen molar-refractivity contribution < 1.29 is 4.48 Å². The normalized spacial score (nSPS) is 12.7. The molecule has 0 saturated carbocycles. The largest absolute Gasteiger partial charge is 0.322 e. The molecule has 2 rings (SSSR count). The lowest BCUT2D eigenvalue weighted by Gasteiger charge is -2.39. The van der Waals surface area contributed by atoms with E-state index in [2.05, 4.69) is 81.7 Å². The third-order valence-corrected chi connectivity index (χ3v) is 7.39. The molecule has 2 aromatic carbocycles. The van der Waals surface area contributed by atoms with Crippen molar-refractivity contribution in [1.29, 1.82) is 0 Å². The molecule has 0 saturated heterocycles. The molecule has 0 aromatic heterocycles. The van der Waals surface area contributed by atoms with E-state index in [0.29, 0.717) is 6.04 Å². The molecule has 184 valence electrons. The first kappa shape index (κ1) is 27.6. The average molecular weight is 451 g/mol. The van der Waals surface area contributed by atoms with Crippen molar-refractivity contribution >= 4 is 0 Å². The first-order chi connectivity index (χ1) is 16.1. The van der Waals surface area contributed by atoms with Crippen molar-refractivity contribution in [3.8, 4) is 0 Å². The minimum atomic E-state index is 0.510. The van der Waals surface area contributed by atoms with Gasteiger partial charge in [-0.1, -0.05) is 145 Å². The number of rotatable bonds is 19. The van der Waals surface area contributed by atoms with E-state index in [0.717, 1.165) is 10.9 Å². The highest BCUT2D eigenvalue weighted by Crippen LogP contribution is 2.29. The number of hydrogen-bond acceptors (Lipinski definition) is 0. The molecule has 0 aliphatic rings. The zero-order valence-electron chi connectivity index (χ0n) is 22.1. The van der Waals surface area contributed by atoms with E-state index in [1.807, 2.05) is 0 Å². The standard InChI is InChI=1S/C32H52N/c1-4-5-6-7-8-9-10-11-12-13-14-15-16-23-28-33(2,3)32(31-26-21-18-22-27-31)29-30-24-19-17-20-25-30/h17-22,24-27,32H,4-16,23,28-29H2,1-3H3/q+1. The van der Waals surface area contributed by atoms with Gasteiger partial charge in [-0.15, -0.1) is 0 Å². The molecule has 0 bridgehead atoms. The molecule has 0 fully saturated rings. The van der Waals surface area contributed by atoms with E-state index >= 15 is 0 Å². The van der Waals surface area contributed by atoms with Gasteiger partial charge in [0, 0.05) is 12.0 Å². The minimum Gasteiger partial charge on any atom is -0.322 e. The van der Waals surface area contributed by atoms with Gasteiger partial charge in [-0.2, -0.15) is 0 Å². The van der Waals surface area contributed by atoms with Crippen LogP contribution < -0.4 is 0 Å². The Kier molecular flexibility index (Phi) is 14.2. The van der Waals surface area contributed by atoms with Gasteiger partial charge in [0.05, 0.1) is 20.6 Å². The number of nitrogens with zero attached hydrogens (tertiary/aromatic N) is 1. The summed E-state index contributed by atoms with van der Waals surface area (Å²) in [5.41, 5.74) is 2.91. The average Bonchev–Trinajstić information content (AvgIpc) is 2.84. The molecule has 33 heavy (non-hydrogen) atoms. The fraction of sp³-hybridized carbons (Fsp3) is 0.625. The van der Waals surface area contributed by atoms with Gasteiger partial charge in [0.2, 0.25) is 0 Å². The van der Waals surface area contributed by atoms with Gasteiger partial charge in [0.15, 0.2) is 0 Å². The maximum atomic E-state index is 2.43. The van der Waals surface area contributed by atoms with Gasteiger partial charge >= 0.3 is 0 Å². The van der Waals surface area contributed by atoms with Gasteiger partial charge in [-0.3, -0.25) is 0 Å². The first-order valence-electron chi connectivity index (χ1n) is 14.0. The summed E-state index contributed by atoms with van der Waals surface area (Å²) in [6.45, 7) is 3.55. The van der Waals surface area contributed by atoms with Crippen LogP contribution in [0, 0.1) is 0 Å². The second-order valence-corrected chi connectivity index (χ2v) is 10.7. The van der Waals surface area contributed by atoms with Crippen LogP contribution in [0.25, 0.3) is 0 Å². The van der Waals surface area contributed by atoms with E-state index in [9.17, 15) is 0 Å². The molecule has 1 unspecified atom stereocenters. The van der Waals surface area contributed by atoms with Gasteiger partial charge < -0.3 is 4.48 Å². The lowest BCUT2D eigenvalue weighted by atomic mass is 9.95. The zero-order chi connectivity index (χ0) is 23.6. The van der Waals surface area contributed by atoms with E-state index in [-0.39, 0.29) is 0 Å². The highest BCUT2D eigenvalue weighted by molar-refractivity contribution is 5.22. The predicted octanol–water partition coefficient (Wildman–Crippen LogP) is 9.53. The summed E-state index contributed by atoms with van der Waals surface area (Å²) in [5, 5.41) is 0. The van der Waals surface area contributed by atoms with Gasteiger partial charge in [0.25, 0.3) is 0 Å².